The maximum absolute atomic E-state index is 14.0. The van der Waals surface area contributed by atoms with E-state index in [0.29, 0.717) is 5.56 Å². The van der Waals surface area contributed by atoms with Gasteiger partial charge in [0, 0.05) is 35.9 Å². The molecule has 1 N–H and O–H groups in total. The Morgan fingerprint density at radius 3 is 2.14 bits per heavy atom. The second-order valence-electron chi connectivity index (χ2n) is 6.81. The van der Waals surface area contributed by atoms with Gasteiger partial charge >= 0.3 is 0 Å². The fraction of sp³-hybridized carbons (Fsp3) is 0.136. The van der Waals surface area contributed by atoms with Gasteiger partial charge in [-0.2, -0.15) is 0 Å². The Labute approximate surface area is 166 Å². The molecule has 0 bridgehead atoms. The number of hydrogen-bond acceptors (Lipinski definition) is 3. The lowest BCUT2D eigenvalue weighted by Gasteiger charge is -2.16. The number of nitro groups is 1. The third-order valence-corrected chi connectivity index (χ3v) is 4.42. The zero-order valence-corrected chi connectivity index (χ0v) is 15.8. The molecule has 0 aliphatic carbocycles. The van der Waals surface area contributed by atoms with Gasteiger partial charge in [-0.3, -0.25) is 14.9 Å². The lowest BCUT2D eigenvalue weighted by atomic mass is 9.98. The Morgan fingerprint density at radius 2 is 1.59 bits per heavy atom. The predicted molar refractivity (Wildman–Crippen MR) is 107 cm³/mol. The normalized spacial score (nSPS) is 11.2. The molecule has 0 aliphatic heterocycles. The van der Waals surface area contributed by atoms with Gasteiger partial charge in [0.1, 0.15) is 0 Å². The van der Waals surface area contributed by atoms with Gasteiger partial charge in [0.05, 0.1) is 4.92 Å². The second-order valence-corrected chi connectivity index (χ2v) is 6.81. The van der Waals surface area contributed by atoms with Crippen LogP contribution < -0.4 is 5.32 Å². The minimum atomic E-state index is -3.09. The van der Waals surface area contributed by atoms with Gasteiger partial charge < -0.3 is 5.32 Å². The zero-order valence-electron chi connectivity index (χ0n) is 15.8. The topological polar surface area (TPSA) is 72.2 Å². The summed E-state index contributed by atoms with van der Waals surface area (Å²) in [5, 5.41) is 13.3. The number of non-ortho nitro benzene ring substituents is 1. The van der Waals surface area contributed by atoms with Crippen molar-refractivity contribution in [3.8, 4) is 11.1 Å². The first kappa shape index (κ1) is 20.1. The van der Waals surface area contributed by atoms with Crippen LogP contribution in [0.4, 0.5) is 20.2 Å². The summed E-state index contributed by atoms with van der Waals surface area (Å²) in [6.07, 6.45) is 0. The maximum atomic E-state index is 14.0. The van der Waals surface area contributed by atoms with Crippen molar-refractivity contribution in [2.75, 3.05) is 5.32 Å². The second kappa shape index (κ2) is 7.79. The summed E-state index contributed by atoms with van der Waals surface area (Å²) in [4.78, 5) is 22.6. The summed E-state index contributed by atoms with van der Waals surface area (Å²) in [7, 11) is 0. The van der Waals surface area contributed by atoms with Crippen LogP contribution in [-0.2, 0) is 5.92 Å². The summed E-state index contributed by atoms with van der Waals surface area (Å²) in [5.41, 5.74) is 2.35. The largest absolute Gasteiger partial charge is 0.322 e. The van der Waals surface area contributed by atoms with Crippen molar-refractivity contribution in [3.05, 3.63) is 93.5 Å². The average molecular weight is 396 g/mol. The fourth-order valence-corrected chi connectivity index (χ4v) is 2.80. The van der Waals surface area contributed by atoms with E-state index in [9.17, 15) is 23.7 Å². The number of nitro benzene ring substituents is 1. The standard InChI is InChI=1S/C22H18F2N2O3/c1-14-3-5-15(6-4-14)17-11-18(22(2,23)24)13-19(12-17)25-21(27)16-7-9-20(10-8-16)26(28)29/h3-13H,1-2H3,(H,25,27). The van der Waals surface area contributed by atoms with Crippen LogP contribution in [0.2, 0.25) is 0 Å². The maximum Gasteiger partial charge on any atom is 0.270 e. The van der Waals surface area contributed by atoms with E-state index in [-0.39, 0.29) is 22.5 Å². The quantitative estimate of drug-likeness (QED) is 0.429. The Morgan fingerprint density at radius 1 is 0.966 bits per heavy atom. The summed E-state index contributed by atoms with van der Waals surface area (Å²) < 4.78 is 28.0. The van der Waals surface area contributed by atoms with Crippen molar-refractivity contribution in [2.24, 2.45) is 0 Å². The predicted octanol–water partition coefficient (Wildman–Crippen LogP) is 5.93. The highest BCUT2D eigenvalue weighted by molar-refractivity contribution is 6.04. The van der Waals surface area contributed by atoms with Crippen molar-refractivity contribution < 1.29 is 18.5 Å². The Hall–Kier alpha value is -3.61. The molecule has 0 atom stereocenters. The number of hydrogen-bond donors (Lipinski definition) is 1. The van der Waals surface area contributed by atoms with E-state index in [4.69, 9.17) is 0 Å². The van der Waals surface area contributed by atoms with Crippen molar-refractivity contribution in [1.29, 1.82) is 0 Å². The Bertz CT molecular complexity index is 1060. The zero-order chi connectivity index (χ0) is 21.2. The number of carbonyl (C=O) groups excluding carboxylic acids is 1. The van der Waals surface area contributed by atoms with E-state index in [1.807, 2.05) is 31.2 Å². The third kappa shape index (κ3) is 4.82. The average Bonchev–Trinajstić information content (AvgIpc) is 2.67. The molecule has 0 spiro atoms. The summed E-state index contributed by atoms with van der Waals surface area (Å²) >= 11 is 0. The number of aryl methyl sites for hydroxylation is 1. The van der Waals surface area contributed by atoms with Crippen molar-refractivity contribution in [2.45, 2.75) is 19.8 Å². The molecular weight excluding hydrogens is 378 g/mol. The molecule has 3 aromatic carbocycles. The van der Waals surface area contributed by atoms with Crippen LogP contribution in [-0.4, -0.2) is 10.8 Å². The van der Waals surface area contributed by atoms with Crippen LogP contribution in [0.15, 0.2) is 66.7 Å². The van der Waals surface area contributed by atoms with Crippen molar-refractivity contribution in [3.63, 3.8) is 0 Å². The molecule has 3 aromatic rings. The van der Waals surface area contributed by atoms with Gasteiger partial charge in [-0.1, -0.05) is 29.8 Å². The lowest BCUT2D eigenvalue weighted by molar-refractivity contribution is -0.384. The molecule has 0 aliphatic rings. The molecule has 0 aromatic heterocycles. The first-order valence-corrected chi connectivity index (χ1v) is 8.80. The van der Waals surface area contributed by atoms with Crippen molar-refractivity contribution >= 4 is 17.3 Å². The van der Waals surface area contributed by atoms with Gasteiger partial charge in [0.25, 0.3) is 17.5 Å². The number of rotatable bonds is 5. The molecule has 7 heteroatoms. The molecule has 0 radical (unpaired) electrons. The summed E-state index contributed by atoms with van der Waals surface area (Å²) in [5.74, 6) is -3.64. The number of halogens is 2. The lowest BCUT2D eigenvalue weighted by Crippen LogP contribution is -2.14. The van der Waals surface area contributed by atoms with Gasteiger partial charge in [-0.25, -0.2) is 8.78 Å². The molecule has 0 unspecified atom stereocenters. The SMILES string of the molecule is Cc1ccc(-c2cc(NC(=O)c3ccc([N+](=O)[O-])cc3)cc(C(C)(F)F)c2)cc1. The molecule has 0 saturated heterocycles. The number of alkyl halides is 2. The first-order chi connectivity index (χ1) is 13.6. The Kier molecular flexibility index (Phi) is 5.41. The molecule has 29 heavy (non-hydrogen) atoms. The Balaban J connectivity index is 1.95. The highest BCUT2D eigenvalue weighted by Crippen LogP contribution is 2.34. The fourth-order valence-electron chi connectivity index (χ4n) is 2.80. The number of carbonyl (C=O) groups is 1. The van der Waals surface area contributed by atoms with E-state index in [2.05, 4.69) is 5.32 Å². The van der Waals surface area contributed by atoms with Crippen LogP contribution in [0.5, 0.6) is 0 Å². The van der Waals surface area contributed by atoms with Gasteiger partial charge in [0.2, 0.25) is 0 Å². The number of amides is 1. The number of nitrogens with zero attached hydrogens (tertiary/aromatic N) is 1. The molecule has 0 heterocycles. The van der Waals surface area contributed by atoms with Crippen LogP contribution in [0.25, 0.3) is 11.1 Å². The molecule has 1 amide bonds. The number of benzene rings is 3. The van der Waals surface area contributed by atoms with E-state index in [1.165, 1.54) is 36.4 Å². The molecule has 3 rings (SSSR count). The monoisotopic (exact) mass is 396 g/mol. The minimum Gasteiger partial charge on any atom is -0.322 e. The van der Waals surface area contributed by atoms with Crippen LogP contribution >= 0.6 is 0 Å². The molecule has 5 nitrogen and oxygen atoms in total. The third-order valence-electron chi connectivity index (χ3n) is 4.42. The van der Waals surface area contributed by atoms with Crippen LogP contribution in [0, 0.1) is 17.0 Å². The van der Waals surface area contributed by atoms with E-state index in [0.717, 1.165) is 18.1 Å². The highest BCUT2D eigenvalue weighted by atomic mass is 19.3. The van der Waals surface area contributed by atoms with Gasteiger partial charge in [0.15, 0.2) is 0 Å². The van der Waals surface area contributed by atoms with E-state index >= 15 is 0 Å². The van der Waals surface area contributed by atoms with E-state index in [1.54, 1.807) is 6.07 Å². The van der Waals surface area contributed by atoms with Gasteiger partial charge in [-0.15, -0.1) is 0 Å². The van der Waals surface area contributed by atoms with Crippen LogP contribution in [0.3, 0.4) is 0 Å². The van der Waals surface area contributed by atoms with Crippen molar-refractivity contribution in [1.82, 2.24) is 0 Å². The minimum absolute atomic E-state index is 0.143. The number of nitrogens with one attached hydrogen (secondary N) is 1. The number of anilines is 1. The smallest absolute Gasteiger partial charge is 0.270 e. The first-order valence-electron chi connectivity index (χ1n) is 8.80. The summed E-state index contributed by atoms with van der Waals surface area (Å²) in [6, 6.07) is 16.7. The molecule has 148 valence electrons. The molecule has 0 saturated carbocycles. The summed E-state index contributed by atoms with van der Waals surface area (Å²) in [6.45, 7) is 2.72. The molecular formula is C22H18F2N2O3. The molecule has 0 fully saturated rings. The van der Waals surface area contributed by atoms with Crippen LogP contribution in [0.1, 0.15) is 28.4 Å². The van der Waals surface area contributed by atoms with Gasteiger partial charge in [-0.05, 0) is 48.4 Å². The highest BCUT2D eigenvalue weighted by Gasteiger charge is 2.26. The van der Waals surface area contributed by atoms with E-state index < -0.39 is 16.8 Å².